The van der Waals surface area contributed by atoms with E-state index in [1.807, 2.05) is 16.7 Å². The van der Waals surface area contributed by atoms with Crippen LogP contribution in [0.2, 0.25) is 0 Å². The Kier molecular flexibility index (Phi) is 3.53. The first-order valence-corrected chi connectivity index (χ1v) is 6.64. The van der Waals surface area contributed by atoms with E-state index < -0.39 is 0 Å². The minimum atomic E-state index is 0.0563. The summed E-state index contributed by atoms with van der Waals surface area (Å²) in [4.78, 5) is 16.5. The highest BCUT2D eigenvalue weighted by atomic mass is 32.2. The van der Waals surface area contributed by atoms with Gasteiger partial charge in [0, 0.05) is 37.3 Å². The molecule has 0 aromatic heterocycles. The van der Waals surface area contributed by atoms with Crippen molar-refractivity contribution in [2.24, 2.45) is 0 Å². The Bertz CT molecular complexity index is 243. The van der Waals surface area contributed by atoms with Gasteiger partial charge in [-0.2, -0.15) is 0 Å². The number of likely N-dealkylation sites (N-methyl/N-ethyl adjacent to an activating group) is 1. The number of thioether (sulfide) groups is 1. The average Bonchev–Trinajstić information content (AvgIpc) is 2.69. The van der Waals surface area contributed by atoms with Crippen molar-refractivity contribution in [3.63, 3.8) is 0 Å². The van der Waals surface area contributed by atoms with E-state index in [1.165, 1.54) is 0 Å². The van der Waals surface area contributed by atoms with Crippen molar-refractivity contribution < 1.29 is 4.79 Å². The first kappa shape index (κ1) is 11.2. The van der Waals surface area contributed by atoms with Crippen LogP contribution >= 0.6 is 11.8 Å². The van der Waals surface area contributed by atoms with Gasteiger partial charge in [-0.25, -0.2) is 0 Å². The van der Waals surface area contributed by atoms with Crippen LogP contribution in [0.5, 0.6) is 0 Å². The predicted octanol–water partition coefficient (Wildman–Crippen LogP) is -0.189. The molecule has 2 heterocycles. The number of carbonyl (C=O) groups is 1. The summed E-state index contributed by atoms with van der Waals surface area (Å²) in [5.74, 6) is 2.14. The van der Waals surface area contributed by atoms with Crippen LogP contribution in [0.4, 0.5) is 0 Å². The number of amides is 1. The fourth-order valence-electron chi connectivity index (χ4n) is 2.22. The summed E-state index contributed by atoms with van der Waals surface area (Å²) in [6.07, 6.45) is 0. The molecule has 2 atom stereocenters. The van der Waals surface area contributed by atoms with E-state index in [0.29, 0.717) is 11.9 Å². The van der Waals surface area contributed by atoms with Crippen LogP contribution in [0.1, 0.15) is 6.92 Å². The van der Waals surface area contributed by atoms with Crippen LogP contribution < -0.4 is 5.32 Å². The molecule has 0 aromatic carbocycles. The Balaban J connectivity index is 1.94. The highest BCUT2D eigenvalue weighted by molar-refractivity contribution is 7.99. The van der Waals surface area contributed by atoms with Gasteiger partial charge in [0.2, 0.25) is 5.91 Å². The molecule has 2 aliphatic heterocycles. The molecule has 86 valence electrons. The van der Waals surface area contributed by atoms with Gasteiger partial charge in [-0.05, 0) is 14.0 Å². The molecule has 0 spiro atoms. The number of nitrogens with one attached hydrogen (secondary N) is 1. The molecule has 0 aliphatic carbocycles. The standard InChI is InChI=1S/C10H19N3OS/c1-8-5-12(2)3-4-13(8)10(14)9-6-15-7-11-9/h8-9,11H,3-7H2,1-2H3. The molecule has 5 heteroatoms. The third-order valence-electron chi connectivity index (χ3n) is 3.13. The number of carbonyl (C=O) groups excluding carboxylic acids is 1. The molecule has 4 nitrogen and oxygen atoms in total. The summed E-state index contributed by atoms with van der Waals surface area (Å²) in [7, 11) is 2.11. The quantitative estimate of drug-likeness (QED) is 0.676. The van der Waals surface area contributed by atoms with E-state index in [2.05, 4.69) is 24.2 Å². The van der Waals surface area contributed by atoms with Gasteiger partial charge in [0.25, 0.3) is 0 Å². The number of rotatable bonds is 1. The summed E-state index contributed by atoms with van der Waals surface area (Å²) in [5.41, 5.74) is 0. The van der Waals surface area contributed by atoms with Crippen molar-refractivity contribution in [2.75, 3.05) is 38.3 Å². The molecular formula is C10H19N3OS. The Labute approximate surface area is 95.4 Å². The zero-order valence-electron chi connectivity index (χ0n) is 9.40. The van der Waals surface area contributed by atoms with Crippen molar-refractivity contribution in [1.82, 2.24) is 15.1 Å². The summed E-state index contributed by atoms with van der Waals surface area (Å²) >= 11 is 1.81. The fourth-order valence-corrected chi connectivity index (χ4v) is 3.15. The second-order valence-corrected chi connectivity index (χ2v) is 5.44. The Morgan fingerprint density at radius 1 is 1.47 bits per heavy atom. The number of hydrogen-bond donors (Lipinski definition) is 1. The van der Waals surface area contributed by atoms with Gasteiger partial charge in [-0.3, -0.25) is 10.1 Å². The first-order chi connectivity index (χ1) is 7.18. The SMILES string of the molecule is CC1CN(C)CCN1C(=O)C1CSCN1. The fraction of sp³-hybridized carbons (Fsp3) is 0.900. The highest BCUT2D eigenvalue weighted by Crippen LogP contribution is 2.15. The van der Waals surface area contributed by atoms with Crippen molar-refractivity contribution >= 4 is 17.7 Å². The molecule has 2 unspecified atom stereocenters. The Hall–Kier alpha value is -0.260. The van der Waals surface area contributed by atoms with Gasteiger partial charge >= 0.3 is 0 Å². The van der Waals surface area contributed by atoms with Crippen LogP contribution in [0.25, 0.3) is 0 Å². The smallest absolute Gasteiger partial charge is 0.240 e. The van der Waals surface area contributed by atoms with E-state index in [-0.39, 0.29) is 6.04 Å². The van der Waals surface area contributed by atoms with Gasteiger partial charge < -0.3 is 9.80 Å². The summed E-state index contributed by atoms with van der Waals surface area (Å²) < 4.78 is 0. The van der Waals surface area contributed by atoms with Crippen molar-refractivity contribution in [3.05, 3.63) is 0 Å². The maximum Gasteiger partial charge on any atom is 0.240 e. The highest BCUT2D eigenvalue weighted by Gasteiger charge is 2.32. The zero-order chi connectivity index (χ0) is 10.8. The number of piperazine rings is 1. The number of hydrogen-bond acceptors (Lipinski definition) is 4. The van der Waals surface area contributed by atoms with Gasteiger partial charge in [-0.1, -0.05) is 0 Å². The van der Waals surface area contributed by atoms with Gasteiger partial charge in [-0.15, -0.1) is 11.8 Å². The average molecular weight is 229 g/mol. The number of nitrogens with zero attached hydrogens (tertiary/aromatic N) is 2. The molecular weight excluding hydrogens is 210 g/mol. The zero-order valence-corrected chi connectivity index (χ0v) is 10.2. The van der Waals surface area contributed by atoms with E-state index >= 15 is 0 Å². The van der Waals surface area contributed by atoms with Gasteiger partial charge in [0.1, 0.15) is 0 Å². The van der Waals surface area contributed by atoms with Crippen LogP contribution in [0, 0.1) is 0 Å². The maximum atomic E-state index is 12.1. The van der Waals surface area contributed by atoms with Crippen molar-refractivity contribution in [1.29, 1.82) is 0 Å². The summed E-state index contributed by atoms with van der Waals surface area (Å²) in [5, 5.41) is 3.24. The second-order valence-electron chi connectivity index (χ2n) is 4.41. The van der Waals surface area contributed by atoms with E-state index in [1.54, 1.807) is 0 Å². The van der Waals surface area contributed by atoms with E-state index in [4.69, 9.17) is 0 Å². The van der Waals surface area contributed by atoms with Crippen LogP contribution in [-0.4, -0.2) is 66.1 Å². The first-order valence-electron chi connectivity index (χ1n) is 5.48. The molecule has 0 bridgehead atoms. The van der Waals surface area contributed by atoms with Gasteiger partial charge in [0.15, 0.2) is 0 Å². The molecule has 2 saturated heterocycles. The van der Waals surface area contributed by atoms with Crippen LogP contribution in [0.15, 0.2) is 0 Å². The molecule has 1 N–H and O–H groups in total. The minimum absolute atomic E-state index is 0.0563. The van der Waals surface area contributed by atoms with E-state index in [0.717, 1.165) is 31.3 Å². The third kappa shape index (κ3) is 2.46. The molecule has 1 amide bonds. The predicted molar refractivity (Wildman–Crippen MR) is 62.9 cm³/mol. The lowest BCUT2D eigenvalue weighted by Crippen LogP contribution is -2.57. The third-order valence-corrected chi connectivity index (χ3v) is 4.07. The van der Waals surface area contributed by atoms with Crippen molar-refractivity contribution in [3.8, 4) is 0 Å². The monoisotopic (exact) mass is 229 g/mol. The molecule has 0 aromatic rings. The van der Waals surface area contributed by atoms with E-state index in [9.17, 15) is 4.79 Å². The lowest BCUT2D eigenvalue weighted by atomic mass is 10.1. The second kappa shape index (κ2) is 4.72. The Morgan fingerprint density at radius 2 is 2.27 bits per heavy atom. The largest absolute Gasteiger partial charge is 0.336 e. The summed E-state index contributed by atoms with van der Waals surface area (Å²) in [6.45, 7) is 5.00. The van der Waals surface area contributed by atoms with Crippen molar-refractivity contribution in [2.45, 2.75) is 19.0 Å². The summed E-state index contributed by atoms with van der Waals surface area (Å²) in [6, 6.07) is 0.407. The Morgan fingerprint density at radius 3 is 2.87 bits per heavy atom. The molecule has 2 fully saturated rings. The van der Waals surface area contributed by atoms with Gasteiger partial charge in [0.05, 0.1) is 6.04 Å². The molecule has 2 aliphatic rings. The maximum absolute atomic E-state index is 12.1. The lowest BCUT2D eigenvalue weighted by Gasteiger charge is -2.39. The normalized spacial score (nSPS) is 33.3. The van der Waals surface area contributed by atoms with Crippen LogP contribution in [-0.2, 0) is 4.79 Å². The molecule has 0 radical (unpaired) electrons. The topological polar surface area (TPSA) is 35.6 Å². The molecule has 15 heavy (non-hydrogen) atoms. The lowest BCUT2D eigenvalue weighted by molar-refractivity contribution is -0.136. The minimum Gasteiger partial charge on any atom is -0.336 e. The van der Waals surface area contributed by atoms with Crippen LogP contribution in [0.3, 0.4) is 0 Å². The molecule has 2 rings (SSSR count). The molecule has 0 saturated carbocycles.